The summed E-state index contributed by atoms with van der Waals surface area (Å²) in [6.07, 6.45) is 0.988. The first-order valence-electron chi connectivity index (χ1n) is 6.49. The Balaban J connectivity index is 2.60. The van der Waals surface area contributed by atoms with Crippen LogP contribution in [-0.4, -0.2) is 42.2 Å². The number of aliphatic hydroxyl groups excluding tert-OH is 1. The lowest BCUT2D eigenvalue weighted by Gasteiger charge is -2.21. The third-order valence-corrected chi connectivity index (χ3v) is 2.72. The highest BCUT2D eigenvalue weighted by Crippen LogP contribution is 2.15. The molecule has 1 aromatic carbocycles. The van der Waals surface area contributed by atoms with Crippen LogP contribution >= 0.6 is 0 Å². The molecule has 0 saturated carbocycles. The average Bonchev–Trinajstić information content (AvgIpc) is 2.40. The van der Waals surface area contributed by atoms with Crippen LogP contribution in [0.1, 0.15) is 18.9 Å². The first-order valence-corrected chi connectivity index (χ1v) is 6.49. The monoisotopic (exact) mass is 287 g/mol. The van der Waals surface area contributed by atoms with Gasteiger partial charge in [-0.05, 0) is 24.1 Å². The van der Waals surface area contributed by atoms with E-state index in [-0.39, 0.29) is 24.7 Å². The zero-order valence-electron chi connectivity index (χ0n) is 11.4. The molecular formula is C14H19F2NO3. The van der Waals surface area contributed by atoms with E-state index in [9.17, 15) is 13.6 Å². The molecule has 6 heteroatoms. The molecule has 4 nitrogen and oxygen atoms in total. The molecule has 1 amide bonds. The Labute approximate surface area is 117 Å². The summed E-state index contributed by atoms with van der Waals surface area (Å²) in [5, 5.41) is 8.92. The first-order chi connectivity index (χ1) is 9.56. The minimum absolute atomic E-state index is 0.0666. The standard InChI is InChI=1S/C14H19F2NO3/c1-2-7-17(8-9-18)13(19)10-11-3-5-12(6-4-11)20-14(15)16/h3-6,14,18H,2,7-10H2,1H3. The molecule has 0 aliphatic rings. The molecule has 0 atom stereocenters. The highest BCUT2D eigenvalue weighted by molar-refractivity contribution is 5.78. The van der Waals surface area contributed by atoms with E-state index in [0.29, 0.717) is 13.1 Å². The first kappa shape index (κ1) is 16.4. The molecule has 112 valence electrons. The van der Waals surface area contributed by atoms with Crippen molar-refractivity contribution in [1.29, 1.82) is 0 Å². The molecule has 0 aliphatic carbocycles. The molecule has 0 fully saturated rings. The van der Waals surface area contributed by atoms with Gasteiger partial charge in [0, 0.05) is 13.1 Å². The van der Waals surface area contributed by atoms with Crippen molar-refractivity contribution in [2.75, 3.05) is 19.7 Å². The summed E-state index contributed by atoms with van der Waals surface area (Å²) in [7, 11) is 0. The summed E-state index contributed by atoms with van der Waals surface area (Å²) in [6.45, 7) is -0.0845. The van der Waals surface area contributed by atoms with Gasteiger partial charge in [0.05, 0.1) is 13.0 Å². The number of rotatable bonds is 8. The predicted octanol–water partition coefficient (Wildman–Crippen LogP) is 2.06. The van der Waals surface area contributed by atoms with Gasteiger partial charge in [0.1, 0.15) is 5.75 Å². The van der Waals surface area contributed by atoms with Crippen LogP contribution < -0.4 is 4.74 Å². The van der Waals surface area contributed by atoms with E-state index in [1.54, 1.807) is 17.0 Å². The topological polar surface area (TPSA) is 49.8 Å². The van der Waals surface area contributed by atoms with Crippen molar-refractivity contribution in [3.05, 3.63) is 29.8 Å². The van der Waals surface area contributed by atoms with E-state index in [0.717, 1.165) is 12.0 Å². The Morgan fingerprint density at radius 1 is 1.30 bits per heavy atom. The van der Waals surface area contributed by atoms with Gasteiger partial charge in [-0.3, -0.25) is 4.79 Å². The molecule has 0 unspecified atom stereocenters. The zero-order valence-corrected chi connectivity index (χ0v) is 11.4. The third-order valence-electron chi connectivity index (χ3n) is 2.72. The number of benzene rings is 1. The Bertz CT molecular complexity index is 403. The number of carbonyl (C=O) groups is 1. The molecule has 1 rings (SSSR count). The minimum atomic E-state index is -2.85. The van der Waals surface area contributed by atoms with Crippen molar-refractivity contribution >= 4 is 5.91 Å². The van der Waals surface area contributed by atoms with Gasteiger partial charge < -0.3 is 14.7 Å². The number of amides is 1. The number of hydrogen-bond donors (Lipinski definition) is 1. The lowest BCUT2D eigenvalue weighted by Crippen LogP contribution is -2.35. The predicted molar refractivity (Wildman–Crippen MR) is 70.7 cm³/mol. The average molecular weight is 287 g/mol. The molecule has 0 saturated heterocycles. The normalized spacial score (nSPS) is 10.7. The van der Waals surface area contributed by atoms with Crippen molar-refractivity contribution in [1.82, 2.24) is 4.90 Å². The van der Waals surface area contributed by atoms with E-state index in [2.05, 4.69) is 4.74 Å². The number of aliphatic hydroxyl groups is 1. The lowest BCUT2D eigenvalue weighted by molar-refractivity contribution is -0.131. The van der Waals surface area contributed by atoms with Crippen molar-refractivity contribution < 1.29 is 23.4 Å². The van der Waals surface area contributed by atoms with Crippen LogP contribution in [0.4, 0.5) is 8.78 Å². The van der Waals surface area contributed by atoms with Crippen LogP contribution in [0.3, 0.4) is 0 Å². The van der Waals surface area contributed by atoms with Gasteiger partial charge in [-0.25, -0.2) is 0 Å². The Hall–Kier alpha value is -1.69. The van der Waals surface area contributed by atoms with Crippen LogP contribution in [0.25, 0.3) is 0 Å². The molecule has 0 aliphatic heterocycles. The van der Waals surface area contributed by atoms with E-state index in [1.807, 2.05) is 6.92 Å². The molecule has 20 heavy (non-hydrogen) atoms. The van der Waals surface area contributed by atoms with Gasteiger partial charge in [-0.1, -0.05) is 19.1 Å². The Kier molecular flexibility index (Phi) is 6.93. The summed E-state index contributed by atoms with van der Waals surface area (Å²) in [5.41, 5.74) is 0.718. The highest BCUT2D eigenvalue weighted by atomic mass is 19.3. The molecule has 0 aromatic heterocycles. The minimum Gasteiger partial charge on any atom is -0.435 e. The largest absolute Gasteiger partial charge is 0.435 e. The summed E-state index contributed by atoms with van der Waals surface area (Å²) in [6, 6.07) is 5.98. The second kappa shape index (κ2) is 8.47. The Morgan fingerprint density at radius 3 is 2.45 bits per heavy atom. The van der Waals surface area contributed by atoms with Crippen molar-refractivity contribution in [2.24, 2.45) is 0 Å². The van der Waals surface area contributed by atoms with Gasteiger partial charge in [0.2, 0.25) is 5.91 Å². The maximum atomic E-state index is 12.0. The number of hydrogen-bond acceptors (Lipinski definition) is 3. The Morgan fingerprint density at radius 2 is 1.95 bits per heavy atom. The number of alkyl halides is 2. The van der Waals surface area contributed by atoms with Gasteiger partial charge in [-0.2, -0.15) is 8.78 Å². The van der Waals surface area contributed by atoms with Crippen molar-refractivity contribution in [2.45, 2.75) is 26.4 Å². The van der Waals surface area contributed by atoms with Crippen molar-refractivity contribution in [3.63, 3.8) is 0 Å². The van der Waals surface area contributed by atoms with E-state index < -0.39 is 6.61 Å². The molecule has 1 N–H and O–H groups in total. The molecule has 0 heterocycles. The fraction of sp³-hybridized carbons (Fsp3) is 0.500. The van der Waals surface area contributed by atoms with Crippen LogP contribution in [0, 0.1) is 0 Å². The second-order valence-electron chi connectivity index (χ2n) is 4.30. The van der Waals surface area contributed by atoms with E-state index >= 15 is 0 Å². The lowest BCUT2D eigenvalue weighted by atomic mass is 10.1. The smallest absolute Gasteiger partial charge is 0.387 e. The second-order valence-corrected chi connectivity index (χ2v) is 4.30. The van der Waals surface area contributed by atoms with Crippen LogP contribution in [0.15, 0.2) is 24.3 Å². The van der Waals surface area contributed by atoms with Gasteiger partial charge >= 0.3 is 6.61 Å². The van der Waals surface area contributed by atoms with Gasteiger partial charge in [-0.15, -0.1) is 0 Å². The number of ether oxygens (including phenoxy) is 1. The highest BCUT2D eigenvalue weighted by Gasteiger charge is 2.13. The summed E-state index contributed by atoms with van der Waals surface area (Å²) < 4.78 is 28.2. The molecule has 0 bridgehead atoms. The quantitative estimate of drug-likeness (QED) is 0.796. The van der Waals surface area contributed by atoms with Gasteiger partial charge in [0.15, 0.2) is 0 Å². The number of nitrogens with zero attached hydrogens (tertiary/aromatic N) is 1. The third kappa shape index (κ3) is 5.52. The molecule has 0 radical (unpaired) electrons. The van der Waals surface area contributed by atoms with Gasteiger partial charge in [0.25, 0.3) is 0 Å². The maximum Gasteiger partial charge on any atom is 0.387 e. The molecule has 1 aromatic rings. The number of carbonyl (C=O) groups excluding carboxylic acids is 1. The zero-order chi connectivity index (χ0) is 15.0. The fourth-order valence-electron chi connectivity index (χ4n) is 1.83. The van der Waals surface area contributed by atoms with Crippen LogP contribution in [0.5, 0.6) is 5.75 Å². The SMILES string of the molecule is CCCN(CCO)C(=O)Cc1ccc(OC(F)F)cc1. The molecule has 0 spiro atoms. The molecular weight excluding hydrogens is 268 g/mol. The fourth-order valence-corrected chi connectivity index (χ4v) is 1.83. The summed E-state index contributed by atoms with van der Waals surface area (Å²) in [4.78, 5) is 13.6. The van der Waals surface area contributed by atoms with E-state index in [4.69, 9.17) is 5.11 Å². The van der Waals surface area contributed by atoms with Crippen LogP contribution in [-0.2, 0) is 11.2 Å². The van der Waals surface area contributed by atoms with Crippen molar-refractivity contribution in [3.8, 4) is 5.75 Å². The summed E-state index contributed by atoms with van der Waals surface area (Å²) in [5.74, 6) is -0.0274. The maximum absolute atomic E-state index is 12.0. The van der Waals surface area contributed by atoms with Crippen LogP contribution in [0.2, 0.25) is 0 Å². The number of halogens is 2. The van der Waals surface area contributed by atoms with E-state index in [1.165, 1.54) is 12.1 Å². The summed E-state index contributed by atoms with van der Waals surface area (Å²) >= 11 is 0.